The fraction of sp³-hybridized carbons (Fsp3) is 0.529. The molecule has 0 radical (unpaired) electrons. The van der Waals surface area contributed by atoms with Crippen LogP contribution in [0.25, 0.3) is 0 Å². The molecule has 1 spiro atoms. The third kappa shape index (κ3) is 3.51. The Kier molecular flexibility index (Phi) is 4.71. The van der Waals surface area contributed by atoms with Crippen molar-refractivity contribution < 1.29 is 19.1 Å². The highest BCUT2D eigenvalue weighted by Gasteiger charge is 2.44. The number of likely N-dealkylation sites (tertiary alicyclic amines) is 1. The molecular formula is C17H22FN3O3. The number of aliphatic carboxylic acids is 1. The van der Waals surface area contributed by atoms with Crippen LogP contribution in [-0.2, 0) is 11.3 Å². The van der Waals surface area contributed by atoms with E-state index in [0.29, 0.717) is 31.6 Å². The van der Waals surface area contributed by atoms with E-state index in [0.717, 1.165) is 12.8 Å². The van der Waals surface area contributed by atoms with Crippen LogP contribution in [0.5, 0.6) is 0 Å². The van der Waals surface area contributed by atoms with Gasteiger partial charge in [0.05, 0.1) is 0 Å². The highest BCUT2D eigenvalue weighted by Crippen LogP contribution is 2.39. The summed E-state index contributed by atoms with van der Waals surface area (Å²) in [6.45, 7) is 2.04. The second-order valence-electron chi connectivity index (χ2n) is 6.71. The minimum atomic E-state index is -0.808. The summed E-state index contributed by atoms with van der Waals surface area (Å²) in [4.78, 5) is 25.0. The number of benzene rings is 1. The number of carboxylic acid groups (broad SMARTS) is 1. The second-order valence-corrected chi connectivity index (χ2v) is 6.71. The van der Waals surface area contributed by atoms with Crippen LogP contribution in [0.15, 0.2) is 24.3 Å². The van der Waals surface area contributed by atoms with Crippen molar-refractivity contribution in [2.75, 3.05) is 19.6 Å². The van der Waals surface area contributed by atoms with Crippen molar-refractivity contribution in [1.82, 2.24) is 15.5 Å². The molecule has 2 aliphatic rings. The van der Waals surface area contributed by atoms with Gasteiger partial charge in [0.25, 0.3) is 0 Å². The molecule has 0 aromatic heterocycles. The summed E-state index contributed by atoms with van der Waals surface area (Å²) in [6, 6.07) is 5.70. The van der Waals surface area contributed by atoms with Gasteiger partial charge < -0.3 is 20.6 Å². The molecular weight excluding hydrogens is 313 g/mol. The maximum Gasteiger partial charge on any atom is 0.320 e. The van der Waals surface area contributed by atoms with E-state index in [4.69, 9.17) is 5.11 Å². The molecule has 2 aliphatic heterocycles. The highest BCUT2D eigenvalue weighted by molar-refractivity contribution is 5.75. The van der Waals surface area contributed by atoms with Gasteiger partial charge in [0, 0.05) is 31.7 Å². The molecule has 130 valence electrons. The van der Waals surface area contributed by atoms with Gasteiger partial charge in [-0.1, -0.05) is 18.2 Å². The van der Waals surface area contributed by atoms with E-state index in [2.05, 4.69) is 10.6 Å². The molecule has 3 N–H and O–H groups in total. The molecule has 1 atom stereocenters. The van der Waals surface area contributed by atoms with Crippen LogP contribution in [0.4, 0.5) is 9.18 Å². The Hall–Kier alpha value is -2.15. The maximum absolute atomic E-state index is 13.6. The van der Waals surface area contributed by atoms with E-state index in [-0.39, 0.29) is 23.8 Å². The van der Waals surface area contributed by atoms with Gasteiger partial charge >= 0.3 is 12.0 Å². The monoisotopic (exact) mass is 335 g/mol. The smallest absolute Gasteiger partial charge is 0.320 e. The predicted octanol–water partition coefficient (Wildman–Crippen LogP) is 1.56. The van der Waals surface area contributed by atoms with E-state index in [1.807, 2.05) is 0 Å². The molecule has 2 amide bonds. The lowest BCUT2D eigenvalue weighted by Crippen LogP contribution is -2.47. The topological polar surface area (TPSA) is 81.7 Å². The van der Waals surface area contributed by atoms with Gasteiger partial charge in [-0.15, -0.1) is 0 Å². The van der Waals surface area contributed by atoms with Crippen LogP contribution in [0.1, 0.15) is 24.8 Å². The Balaban J connectivity index is 1.49. The number of rotatable bonds is 3. The molecule has 2 saturated heterocycles. The van der Waals surface area contributed by atoms with Crippen LogP contribution >= 0.6 is 0 Å². The van der Waals surface area contributed by atoms with E-state index in [1.54, 1.807) is 23.1 Å². The standard InChI is InChI=1S/C17H22FN3O3/c18-13-4-2-1-3-12(13)10-19-16(24)21-7-5-17(6-8-21)9-14(15(22)23)20-11-17/h1-4,14,20H,5-11H2,(H,19,24)(H,22,23). The number of carboxylic acids is 1. The predicted molar refractivity (Wildman–Crippen MR) is 85.9 cm³/mol. The van der Waals surface area contributed by atoms with Crippen molar-refractivity contribution in [2.24, 2.45) is 5.41 Å². The summed E-state index contributed by atoms with van der Waals surface area (Å²) in [7, 11) is 0. The van der Waals surface area contributed by atoms with Gasteiger partial charge in [0.15, 0.2) is 0 Å². The fourth-order valence-corrected chi connectivity index (χ4v) is 3.58. The molecule has 0 bridgehead atoms. The third-order valence-electron chi connectivity index (χ3n) is 5.16. The van der Waals surface area contributed by atoms with Crippen molar-refractivity contribution in [3.05, 3.63) is 35.6 Å². The highest BCUT2D eigenvalue weighted by atomic mass is 19.1. The zero-order valence-electron chi connectivity index (χ0n) is 13.4. The number of nitrogens with zero attached hydrogens (tertiary/aromatic N) is 1. The Morgan fingerprint density at radius 3 is 2.67 bits per heavy atom. The van der Waals surface area contributed by atoms with Gasteiger partial charge in [-0.3, -0.25) is 4.79 Å². The van der Waals surface area contributed by atoms with Crippen LogP contribution in [0.2, 0.25) is 0 Å². The Morgan fingerprint density at radius 2 is 2.04 bits per heavy atom. The van der Waals surface area contributed by atoms with Crippen molar-refractivity contribution in [1.29, 1.82) is 0 Å². The number of hydrogen-bond donors (Lipinski definition) is 3. The first kappa shape index (κ1) is 16.7. The van der Waals surface area contributed by atoms with Crippen molar-refractivity contribution >= 4 is 12.0 Å². The number of nitrogens with one attached hydrogen (secondary N) is 2. The van der Waals surface area contributed by atoms with Crippen molar-refractivity contribution in [2.45, 2.75) is 31.8 Å². The first-order chi connectivity index (χ1) is 11.5. The largest absolute Gasteiger partial charge is 0.480 e. The van der Waals surface area contributed by atoms with Crippen LogP contribution < -0.4 is 10.6 Å². The number of carbonyl (C=O) groups excluding carboxylic acids is 1. The number of amides is 2. The Morgan fingerprint density at radius 1 is 1.33 bits per heavy atom. The lowest BCUT2D eigenvalue weighted by Gasteiger charge is -2.38. The van der Waals surface area contributed by atoms with E-state index in [1.165, 1.54) is 6.07 Å². The van der Waals surface area contributed by atoms with Crippen molar-refractivity contribution in [3.8, 4) is 0 Å². The van der Waals surface area contributed by atoms with Gasteiger partial charge in [0.2, 0.25) is 0 Å². The van der Waals surface area contributed by atoms with E-state index in [9.17, 15) is 14.0 Å². The minimum Gasteiger partial charge on any atom is -0.480 e. The zero-order valence-corrected chi connectivity index (χ0v) is 13.4. The minimum absolute atomic E-state index is 0.0224. The third-order valence-corrected chi connectivity index (χ3v) is 5.16. The molecule has 24 heavy (non-hydrogen) atoms. The maximum atomic E-state index is 13.6. The van der Waals surface area contributed by atoms with Crippen molar-refractivity contribution in [3.63, 3.8) is 0 Å². The van der Waals surface area contributed by atoms with Gasteiger partial charge in [-0.05, 0) is 30.7 Å². The van der Waals surface area contributed by atoms with Crippen LogP contribution in [0.3, 0.4) is 0 Å². The second kappa shape index (κ2) is 6.76. The summed E-state index contributed by atoms with van der Waals surface area (Å²) in [5, 5.41) is 14.9. The van der Waals surface area contributed by atoms with Gasteiger partial charge in [-0.25, -0.2) is 9.18 Å². The SMILES string of the molecule is O=C(O)C1CC2(CCN(C(=O)NCc3ccccc3F)CC2)CN1. The van der Waals surface area contributed by atoms with Crippen LogP contribution in [0, 0.1) is 11.2 Å². The Labute approximate surface area is 140 Å². The molecule has 0 aliphatic carbocycles. The van der Waals surface area contributed by atoms with Crippen LogP contribution in [-0.4, -0.2) is 47.7 Å². The molecule has 7 heteroatoms. The molecule has 0 saturated carbocycles. The number of halogens is 1. The lowest BCUT2D eigenvalue weighted by atomic mass is 9.76. The average molecular weight is 335 g/mol. The molecule has 3 rings (SSSR count). The molecule has 2 fully saturated rings. The zero-order chi connectivity index (χ0) is 17.2. The van der Waals surface area contributed by atoms with Gasteiger partial charge in [-0.2, -0.15) is 0 Å². The summed E-state index contributed by atoms with van der Waals surface area (Å²) < 4.78 is 13.6. The first-order valence-electron chi connectivity index (χ1n) is 8.21. The molecule has 6 nitrogen and oxygen atoms in total. The molecule has 2 heterocycles. The van der Waals surface area contributed by atoms with E-state index >= 15 is 0 Å². The molecule has 1 unspecified atom stereocenters. The van der Waals surface area contributed by atoms with Gasteiger partial charge in [0.1, 0.15) is 11.9 Å². The summed E-state index contributed by atoms with van der Waals surface area (Å²) in [5.74, 6) is -1.14. The first-order valence-corrected chi connectivity index (χ1v) is 8.21. The normalized spacial score (nSPS) is 22.5. The summed E-state index contributed by atoms with van der Waals surface area (Å²) >= 11 is 0. The number of piperidine rings is 1. The fourth-order valence-electron chi connectivity index (χ4n) is 3.58. The summed E-state index contributed by atoms with van der Waals surface area (Å²) in [6.07, 6.45) is 2.20. The Bertz CT molecular complexity index is 629. The average Bonchev–Trinajstić information content (AvgIpc) is 2.99. The summed E-state index contributed by atoms with van der Waals surface area (Å²) in [5.41, 5.74) is 0.439. The molecule has 1 aromatic rings. The lowest BCUT2D eigenvalue weighted by molar-refractivity contribution is -0.139. The number of hydrogen-bond acceptors (Lipinski definition) is 3. The quantitative estimate of drug-likeness (QED) is 0.783. The number of urea groups is 1. The number of carbonyl (C=O) groups is 2. The van der Waals surface area contributed by atoms with E-state index < -0.39 is 12.0 Å². The molecule has 1 aromatic carbocycles.